The van der Waals surface area contributed by atoms with E-state index >= 15 is 0 Å². The van der Waals surface area contributed by atoms with Crippen molar-refractivity contribution in [3.05, 3.63) is 59.2 Å². The number of ketones is 1. The molecule has 168 valence electrons. The number of phenolic OH excluding ortho intramolecular Hbond substituents is 1. The molecular weight excluding hydrogens is 414 g/mol. The van der Waals surface area contributed by atoms with Gasteiger partial charge in [-0.25, -0.2) is 0 Å². The number of phenols is 1. The monoisotopic (exact) mass is 439 g/mol. The second-order valence-electron chi connectivity index (χ2n) is 7.86. The van der Waals surface area contributed by atoms with Gasteiger partial charge in [-0.15, -0.1) is 0 Å². The van der Waals surface area contributed by atoms with Gasteiger partial charge in [0.15, 0.2) is 11.5 Å². The van der Waals surface area contributed by atoms with Crippen LogP contribution in [-0.2, 0) is 14.3 Å². The number of ether oxygens (including phenoxy) is 3. The van der Waals surface area contributed by atoms with E-state index in [0.29, 0.717) is 35.8 Å². The molecule has 2 N–H and O–H groups in total. The van der Waals surface area contributed by atoms with Gasteiger partial charge in [0, 0.05) is 12.1 Å². The van der Waals surface area contributed by atoms with Crippen LogP contribution in [0, 0.1) is 0 Å². The maximum absolute atomic E-state index is 13.0. The van der Waals surface area contributed by atoms with Gasteiger partial charge in [-0.05, 0) is 49.7 Å². The fraction of sp³-hybridized carbons (Fsp3) is 0.333. The lowest BCUT2D eigenvalue weighted by Gasteiger charge is -2.26. The Hall–Kier alpha value is -3.52. The number of likely N-dealkylation sites (tertiary alicyclic amines) is 1. The van der Waals surface area contributed by atoms with E-state index in [1.165, 1.54) is 17.0 Å². The Kier molecular flexibility index (Phi) is 6.05. The van der Waals surface area contributed by atoms with E-state index in [9.17, 15) is 19.8 Å². The number of rotatable bonds is 6. The molecular formula is C24H25NO7. The first-order valence-electron chi connectivity index (χ1n) is 10.5. The molecule has 2 aliphatic rings. The number of hydrogen-bond acceptors (Lipinski definition) is 7. The van der Waals surface area contributed by atoms with Gasteiger partial charge in [0.05, 0.1) is 24.3 Å². The average Bonchev–Trinajstić information content (AvgIpc) is 3.03. The van der Waals surface area contributed by atoms with E-state index < -0.39 is 17.7 Å². The highest BCUT2D eigenvalue weighted by molar-refractivity contribution is 6.46. The third kappa shape index (κ3) is 4.13. The second-order valence-corrected chi connectivity index (χ2v) is 7.86. The van der Waals surface area contributed by atoms with Crippen LogP contribution >= 0.6 is 0 Å². The van der Waals surface area contributed by atoms with E-state index in [4.69, 9.17) is 14.2 Å². The van der Waals surface area contributed by atoms with E-state index in [0.717, 1.165) is 0 Å². The zero-order valence-corrected chi connectivity index (χ0v) is 17.9. The minimum Gasteiger partial charge on any atom is -0.508 e. The van der Waals surface area contributed by atoms with Crippen molar-refractivity contribution in [3.63, 3.8) is 0 Å². The van der Waals surface area contributed by atoms with Crippen LogP contribution in [0.25, 0.3) is 5.76 Å². The number of aliphatic hydroxyl groups excluding tert-OH is 1. The molecule has 1 fully saturated rings. The fourth-order valence-corrected chi connectivity index (χ4v) is 3.85. The summed E-state index contributed by atoms with van der Waals surface area (Å²) in [7, 11) is 0. The largest absolute Gasteiger partial charge is 0.508 e. The number of amides is 1. The summed E-state index contributed by atoms with van der Waals surface area (Å²) in [5.74, 6) is -0.726. The molecule has 8 nitrogen and oxygen atoms in total. The highest BCUT2D eigenvalue weighted by atomic mass is 16.6. The lowest BCUT2D eigenvalue weighted by atomic mass is 9.95. The van der Waals surface area contributed by atoms with E-state index in [-0.39, 0.29) is 36.3 Å². The Labute approximate surface area is 185 Å². The van der Waals surface area contributed by atoms with Crippen molar-refractivity contribution in [2.45, 2.75) is 26.0 Å². The van der Waals surface area contributed by atoms with E-state index in [1.54, 1.807) is 30.3 Å². The van der Waals surface area contributed by atoms with Crippen LogP contribution in [-0.4, -0.2) is 59.3 Å². The number of carbonyl (C=O) groups is 2. The molecule has 2 aliphatic heterocycles. The maximum atomic E-state index is 13.0. The summed E-state index contributed by atoms with van der Waals surface area (Å²) in [5.41, 5.74) is 0.905. The number of benzene rings is 2. The number of carbonyl (C=O) groups excluding carboxylic acids is 2. The normalized spacial score (nSPS) is 19.6. The molecule has 0 saturated carbocycles. The quantitative estimate of drug-likeness (QED) is 0.405. The van der Waals surface area contributed by atoms with Gasteiger partial charge in [0.25, 0.3) is 11.7 Å². The van der Waals surface area contributed by atoms with Crippen molar-refractivity contribution >= 4 is 17.4 Å². The fourth-order valence-electron chi connectivity index (χ4n) is 3.85. The third-order valence-electron chi connectivity index (χ3n) is 5.35. The molecule has 4 rings (SSSR count). The first kappa shape index (κ1) is 21.7. The molecule has 0 radical (unpaired) electrons. The Morgan fingerprint density at radius 2 is 1.78 bits per heavy atom. The first-order valence-corrected chi connectivity index (χ1v) is 10.5. The van der Waals surface area contributed by atoms with Gasteiger partial charge in [0.1, 0.15) is 24.7 Å². The second kappa shape index (κ2) is 8.92. The van der Waals surface area contributed by atoms with Crippen LogP contribution < -0.4 is 9.47 Å². The van der Waals surface area contributed by atoms with Gasteiger partial charge in [0.2, 0.25) is 0 Å². The molecule has 1 saturated heterocycles. The summed E-state index contributed by atoms with van der Waals surface area (Å²) in [6, 6.07) is 10.2. The molecule has 1 unspecified atom stereocenters. The van der Waals surface area contributed by atoms with Crippen molar-refractivity contribution in [1.82, 2.24) is 4.90 Å². The molecule has 1 atom stereocenters. The Balaban J connectivity index is 1.77. The van der Waals surface area contributed by atoms with E-state index in [2.05, 4.69) is 0 Å². The van der Waals surface area contributed by atoms with Crippen molar-refractivity contribution in [2.24, 2.45) is 0 Å². The Morgan fingerprint density at radius 3 is 2.47 bits per heavy atom. The van der Waals surface area contributed by atoms with Gasteiger partial charge < -0.3 is 29.3 Å². The van der Waals surface area contributed by atoms with Crippen LogP contribution in [0.1, 0.15) is 31.0 Å². The number of aromatic hydroxyl groups is 1. The van der Waals surface area contributed by atoms with Crippen molar-refractivity contribution < 1.29 is 34.0 Å². The van der Waals surface area contributed by atoms with Gasteiger partial charge >= 0.3 is 0 Å². The summed E-state index contributed by atoms with van der Waals surface area (Å²) in [6.45, 7) is 4.99. The van der Waals surface area contributed by atoms with Gasteiger partial charge in [-0.2, -0.15) is 0 Å². The highest BCUT2D eigenvalue weighted by Crippen LogP contribution is 2.41. The van der Waals surface area contributed by atoms with Crippen LogP contribution in [0.3, 0.4) is 0 Å². The van der Waals surface area contributed by atoms with Gasteiger partial charge in [-0.1, -0.05) is 12.1 Å². The highest BCUT2D eigenvalue weighted by Gasteiger charge is 2.46. The molecule has 0 bridgehead atoms. The minimum atomic E-state index is -0.820. The number of aliphatic hydroxyl groups is 1. The van der Waals surface area contributed by atoms with Crippen molar-refractivity contribution in [2.75, 3.05) is 26.4 Å². The third-order valence-corrected chi connectivity index (χ3v) is 5.35. The molecule has 2 aromatic rings. The maximum Gasteiger partial charge on any atom is 0.295 e. The molecule has 2 heterocycles. The molecule has 0 aliphatic carbocycles. The smallest absolute Gasteiger partial charge is 0.295 e. The number of nitrogens with zero attached hydrogens (tertiary/aromatic N) is 1. The Morgan fingerprint density at radius 1 is 1.09 bits per heavy atom. The molecule has 2 aromatic carbocycles. The standard InChI is InChI=1S/C24H25NO7/c1-14(2)30-10-9-25-21(15-3-6-17(26)7-4-15)20(23(28)24(25)29)22(27)16-5-8-18-19(13-16)32-12-11-31-18/h3-8,13-14,21,26-27H,9-12H2,1-2H3/b22-20-. The van der Waals surface area contributed by atoms with Crippen LogP contribution in [0.2, 0.25) is 0 Å². The topological polar surface area (TPSA) is 106 Å². The lowest BCUT2D eigenvalue weighted by molar-refractivity contribution is -0.140. The summed E-state index contributed by atoms with van der Waals surface area (Å²) in [5, 5.41) is 20.8. The molecule has 0 aromatic heterocycles. The lowest BCUT2D eigenvalue weighted by Crippen LogP contribution is -2.33. The van der Waals surface area contributed by atoms with Crippen LogP contribution in [0.4, 0.5) is 0 Å². The number of hydrogen-bond donors (Lipinski definition) is 2. The summed E-state index contributed by atoms with van der Waals surface area (Å²) in [4.78, 5) is 27.3. The summed E-state index contributed by atoms with van der Waals surface area (Å²) in [6.07, 6.45) is -0.0309. The average molecular weight is 439 g/mol. The van der Waals surface area contributed by atoms with Gasteiger partial charge in [-0.3, -0.25) is 9.59 Å². The van der Waals surface area contributed by atoms with Crippen molar-refractivity contribution in [3.8, 4) is 17.2 Å². The molecule has 1 amide bonds. The zero-order chi connectivity index (χ0) is 22.8. The first-order chi connectivity index (χ1) is 15.4. The predicted molar refractivity (Wildman–Crippen MR) is 116 cm³/mol. The molecule has 0 spiro atoms. The molecule has 32 heavy (non-hydrogen) atoms. The van der Waals surface area contributed by atoms with Crippen LogP contribution in [0.15, 0.2) is 48.0 Å². The zero-order valence-electron chi connectivity index (χ0n) is 17.9. The molecule has 8 heteroatoms. The Bertz CT molecular complexity index is 1060. The SMILES string of the molecule is CC(C)OCCN1C(=O)C(=O)/C(=C(\O)c2ccc3c(c2)OCCO3)C1c1ccc(O)cc1. The van der Waals surface area contributed by atoms with Crippen LogP contribution in [0.5, 0.6) is 17.2 Å². The predicted octanol–water partition coefficient (Wildman–Crippen LogP) is 3.01. The minimum absolute atomic E-state index is 0.0260. The number of fused-ring (bicyclic) bond motifs is 1. The number of Topliss-reactive ketones (excluding diaryl/α,β-unsaturated/α-hetero) is 1. The summed E-state index contributed by atoms with van der Waals surface area (Å²) < 4.78 is 16.7. The van der Waals surface area contributed by atoms with E-state index in [1.807, 2.05) is 13.8 Å². The summed E-state index contributed by atoms with van der Waals surface area (Å²) >= 11 is 0. The van der Waals surface area contributed by atoms with Crippen molar-refractivity contribution in [1.29, 1.82) is 0 Å².